The highest BCUT2D eigenvalue weighted by atomic mass is 15.3. The topological polar surface area (TPSA) is 58.9 Å². The van der Waals surface area contributed by atoms with Gasteiger partial charge in [-0.05, 0) is 31.0 Å². The summed E-state index contributed by atoms with van der Waals surface area (Å²) >= 11 is 0. The van der Waals surface area contributed by atoms with Gasteiger partial charge in [0.2, 0.25) is 0 Å². The van der Waals surface area contributed by atoms with Crippen molar-refractivity contribution in [3.8, 4) is 11.1 Å². The minimum absolute atomic E-state index is 0.449. The zero-order valence-corrected chi connectivity index (χ0v) is 11.9. The molecule has 1 aromatic carbocycles. The second kappa shape index (κ2) is 4.84. The molecule has 5 heteroatoms. The molecule has 1 aliphatic heterocycles. The third-order valence-electron chi connectivity index (χ3n) is 4.08. The van der Waals surface area contributed by atoms with Crippen molar-refractivity contribution in [2.24, 2.45) is 10.9 Å². The van der Waals surface area contributed by atoms with Gasteiger partial charge >= 0.3 is 0 Å². The van der Waals surface area contributed by atoms with E-state index in [2.05, 4.69) is 56.3 Å². The van der Waals surface area contributed by atoms with Crippen LogP contribution in [0.15, 0.2) is 41.8 Å². The van der Waals surface area contributed by atoms with Crippen LogP contribution in [0.2, 0.25) is 0 Å². The van der Waals surface area contributed by atoms with Crippen molar-refractivity contribution in [1.82, 2.24) is 20.0 Å². The Morgan fingerprint density at radius 3 is 3.00 bits per heavy atom. The van der Waals surface area contributed by atoms with Gasteiger partial charge in [0, 0.05) is 41.9 Å². The summed E-state index contributed by atoms with van der Waals surface area (Å²) < 4.78 is 2.09. The zero-order valence-electron chi connectivity index (χ0n) is 11.9. The lowest BCUT2D eigenvalue weighted by atomic mass is 10.1. The van der Waals surface area contributed by atoms with Gasteiger partial charge in [0.1, 0.15) is 0 Å². The van der Waals surface area contributed by atoms with Crippen molar-refractivity contribution in [2.45, 2.75) is 25.9 Å². The third kappa shape index (κ3) is 2.24. The van der Waals surface area contributed by atoms with Gasteiger partial charge in [-0.15, -0.1) is 0 Å². The van der Waals surface area contributed by atoms with Crippen LogP contribution in [0.3, 0.4) is 0 Å². The fourth-order valence-electron chi connectivity index (χ4n) is 2.99. The number of rotatable bonds is 3. The standard InChI is InChI=1S/C16H17N5/c1-11-4-12(6-17-11)10-21-16-3-2-13(5-14(16)9-20-21)15-7-18-19-8-15/h2-3,5-9,11-12H,4,10H2,1H3,(H,18,19)/t11-,12-/m0/s1. The Balaban J connectivity index is 1.65. The highest BCUT2D eigenvalue weighted by molar-refractivity contribution is 5.84. The molecule has 0 saturated heterocycles. The van der Waals surface area contributed by atoms with E-state index in [1.807, 2.05) is 18.6 Å². The lowest BCUT2D eigenvalue weighted by Gasteiger charge is -2.09. The molecule has 0 unspecified atom stereocenters. The molecule has 0 bridgehead atoms. The number of fused-ring (bicyclic) bond motifs is 1. The molecule has 3 aromatic rings. The van der Waals surface area contributed by atoms with Gasteiger partial charge in [-0.3, -0.25) is 14.8 Å². The van der Waals surface area contributed by atoms with Crippen LogP contribution in [0.1, 0.15) is 13.3 Å². The summed E-state index contributed by atoms with van der Waals surface area (Å²) in [4.78, 5) is 4.45. The summed E-state index contributed by atoms with van der Waals surface area (Å²) in [6.07, 6.45) is 8.88. The molecule has 0 saturated carbocycles. The minimum Gasteiger partial charge on any atom is -0.294 e. The zero-order chi connectivity index (χ0) is 14.2. The number of aliphatic imine (C=N–C) groups is 1. The number of nitrogens with zero attached hydrogens (tertiary/aromatic N) is 4. The highest BCUT2D eigenvalue weighted by Crippen LogP contribution is 2.25. The molecule has 1 aliphatic rings. The summed E-state index contributed by atoms with van der Waals surface area (Å²) in [5.41, 5.74) is 3.43. The molecule has 3 heterocycles. The Morgan fingerprint density at radius 1 is 1.29 bits per heavy atom. The van der Waals surface area contributed by atoms with E-state index >= 15 is 0 Å². The van der Waals surface area contributed by atoms with E-state index in [1.165, 1.54) is 5.52 Å². The first kappa shape index (κ1) is 12.3. The second-order valence-electron chi connectivity index (χ2n) is 5.73. The molecular weight excluding hydrogens is 262 g/mol. The molecular formula is C16H17N5. The van der Waals surface area contributed by atoms with E-state index in [-0.39, 0.29) is 0 Å². The van der Waals surface area contributed by atoms with Gasteiger partial charge in [0.15, 0.2) is 0 Å². The quantitative estimate of drug-likeness (QED) is 0.801. The molecule has 2 aromatic heterocycles. The lowest BCUT2D eigenvalue weighted by molar-refractivity contribution is 0.499. The number of H-pyrrole nitrogens is 1. The van der Waals surface area contributed by atoms with Crippen molar-refractivity contribution in [3.63, 3.8) is 0 Å². The number of nitrogens with one attached hydrogen (secondary N) is 1. The molecule has 0 amide bonds. The summed E-state index contributed by atoms with van der Waals surface area (Å²) in [5, 5.41) is 12.5. The Kier molecular flexibility index (Phi) is 2.84. The smallest absolute Gasteiger partial charge is 0.0683 e. The molecule has 21 heavy (non-hydrogen) atoms. The van der Waals surface area contributed by atoms with E-state index in [0.29, 0.717) is 12.0 Å². The average molecular weight is 279 g/mol. The first-order valence-electron chi connectivity index (χ1n) is 7.27. The average Bonchev–Trinajstić information content (AvgIpc) is 3.21. The predicted octanol–water partition coefficient (Wildman–Crippen LogP) is 2.91. The molecule has 0 fully saturated rings. The molecule has 4 rings (SSSR count). The van der Waals surface area contributed by atoms with Crippen LogP contribution >= 0.6 is 0 Å². The molecule has 0 aliphatic carbocycles. The van der Waals surface area contributed by atoms with Gasteiger partial charge in [-0.1, -0.05) is 6.07 Å². The predicted molar refractivity (Wildman–Crippen MR) is 83.4 cm³/mol. The highest BCUT2D eigenvalue weighted by Gasteiger charge is 2.18. The Morgan fingerprint density at radius 2 is 2.24 bits per heavy atom. The van der Waals surface area contributed by atoms with Crippen molar-refractivity contribution < 1.29 is 0 Å². The van der Waals surface area contributed by atoms with Crippen LogP contribution < -0.4 is 0 Å². The van der Waals surface area contributed by atoms with Crippen molar-refractivity contribution >= 4 is 17.1 Å². The number of hydrogen-bond acceptors (Lipinski definition) is 3. The number of hydrogen-bond donors (Lipinski definition) is 1. The van der Waals surface area contributed by atoms with Crippen molar-refractivity contribution in [3.05, 3.63) is 36.8 Å². The third-order valence-corrected chi connectivity index (χ3v) is 4.08. The number of aromatic amines is 1. The fourth-order valence-corrected chi connectivity index (χ4v) is 2.99. The molecule has 1 N–H and O–H groups in total. The maximum absolute atomic E-state index is 4.54. The van der Waals surface area contributed by atoms with Gasteiger partial charge in [-0.2, -0.15) is 10.2 Å². The summed E-state index contributed by atoms with van der Waals surface area (Å²) in [6, 6.07) is 6.87. The van der Waals surface area contributed by atoms with Crippen LogP contribution in [0, 0.1) is 5.92 Å². The number of benzene rings is 1. The minimum atomic E-state index is 0.449. The van der Waals surface area contributed by atoms with E-state index in [9.17, 15) is 0 Å². The van der Waals surface area contributed by atoms with Gasteiger partial charge in [-0.25, -0.2) is 0 Å². The van der Waals surface area contributed by atoms with Crippen molar-refractivity contribution in [2.75, 3.05) is 0 Å². The summed E-state index contributed by atoms with van der Waals surface area (Å²) in [6.45, 7) is 3.07. The van der Waals surface area contributed by atoms with E-state index in [0.717, 1.165) is 29.5 Å². The SMILES string of the molecule is C[C@H]1C[C@H](Cn2ncc3cc(-c4cn[nH]c4)ccc32)C=N1. The molecule has 0 radical (unpaired) electrons. The maximum Gasteiger partial charge on any atom is 0.0683 e. The van der Waals surface area contributed by atoms with Crippen molar-refractivity contribution in [1.29, 1.82) is 0 Å². The normalized spacial score (nSPS) is 21.4. The van der Waals surface area contributed by atoms with Gasteiger partial charge in [0.05, 0.1) is 17.9 Å². The lowest BCUT2D eigenvalue weighted by Crippen LogP contribution is -2.12. The van der Waals surface area contributed by atoms with E-state index in [1.54, 1.807) is 0 Å². The van der Waals surface area contributed by atoms with Crippen LogP contribution in [0.25, 0.3) is 22.0 Å². The molecule has 106 valence electrons. The van der Waals surface area contributed by atoms with Crippen LogP contribution in [-0.4, -0.2) is 32.2 Å². The molecule has 0 spiro atoms. The number of aromatic nitrogens is 4. The fraction of sp³-hybridized carbons (Fsp3) is 0.312. The summed E-state index contributed by atoms with van der Waals surface area (Å²) in [7, 11) is 0. The van der Waals surface area contributed by atoms with Gasteiger partial charge in [0.25, 0.3) is 0 Å². The van der Waals surface area contributed by atoms with Crippen LogP contribution in [-0.2, 0) is 6.54 Å². The first-order chi connectivity index (χ1) is 10.3. The van der Waals surface area contributed by atoms with Gasteiger partial charge < -0.3 is 0 Å². The maximum atomic E-state index is 4.54. The Bertz CT molecular complexity index is 784. The summed E-state index contributed by atoms with van der Waals surface area (Å²) in [5.74, 6) is 0.497. The Hall–Kier alpha value is -2.43. The van der Waals surface area contributed by atoms with E-state index < -0.39 is 0 Å². The van der Waals surface area contributed by atoms with Crippen LogP contribution in [0.5, 0.6) is 0 Å². The largest absolute Gasteiger partial charge is 0.294 e. The van der Waals surface area contributed by atoms with Crippen LogP contribution in [0.4, 0.5) is 0 Å². The monoisotopic (exact) mass is 279 g/mol. The second-order valence-corrected chi connectivity index (χ2v) is 5.73. The molecule has 2 atom stereocenters. The molecule has 5 nitrogen and oxygen atoms in total. The van der Waals surface area contributed by atoms with E-state index in [4.69, 9.17) is 0 Å². The Labute approximate surface area is 122 Å². The first-order valence-corrected chi connectivity index (χ1v) is 7.27.